The Hall–Kier alpha value is -1.87. The average molecular weight is 300 g/mol. The summed E-state index contributed by atoms with van der Waals surface area (Å²) in [6, 6.07) is 1.32. The predicted molar refractivity (Wildman–Crippen MR) is 74.9 cm³/mol. The van der Waals surface area contributed by atoms with Crippen LogP contribution in [0.3, 0.4) is 0 Å². The zero-order chi connectivity index (χ0) is 15.4. The van der Waals surface area contributed by atoms with E-state index in [9.17, 15) is 18.5 Å². The van der Waals surface area contributed by atoms with Crippen molar-refractivity contribution in [3.05, 3.63) is 34.1 Å². The van der Waals surface area contributed by atoms with Gasteiger partial charge in [0.2, 0.25) is 0 Å². The van der Waals surface area contributed by atoms with Crippen LogP contribution < -0.4 is 4.72 Å². The van der Waals surface area contributed by atoms with Gasteiger partial charge in [-0.15, -0.1) is 0 Å². The van der Waals surface area contributed by atoms with Crippen molar-refractivity contribution in [1.29, 1.82) is 0 Å². The van der Waals surface area contributed by atoms with Crippen LogP contribution >= 0.6 is 0 Å². The zero-order valence-corrected chi connectivity index (χ0v) is 12.2. The summed E-state index contributed by atoms with van der Waals surface area (Å²) in [6.45, 7) is 5.10. The molecule has 1 rings (SSSR count). The number of hydrogen-bond acceptors (Lipinski definition) is 5. The highest BCUT2D eigenvalue weighted by atomic mass is 32.2. The van der Waals surface area contributed by atoms with Gasteiger partial charge >= 0.3 is 10.2 Å². The zero-order valence-electron chi connectivity index (χ0n) is 11.4. The fourth-order valence-electron chi connectivity index (χ4n) is 1.34. The summed E-state index contributed by atoms with van der Waals surface area (Å²) in [5.41, 5.74) is -0.260. The third kappa shape index (κ3) is 5.85. The lowest BCUT2D eigenvalue weighted by Gasteiger charge is -2.17. The quantitative estimate of drug-likeness (QED) is 0.499. The van der Waals surface area contributed by atoms with Gasteiger partial charge in [0, 0.05) is 30.4 Å². The lowest BCUT2D eigenvalue weighted by atomic mass is 10.1. The van der Waals surface area contributed by atoms with Crippen LogP contribution in [0.4, 0.5) is 5.69 Å². The number of rotatable bonds is 5. The molecule has 1 aromatic heterocycles. The van der Waals surface area contributed by atoms with Crippen molar-refractivity contribution in [1.82, 2.24) is 9.71 Å². The van der Waals surface area contributed by atoms with E-state index >= 15 is 0 Å². The first-order chi connectivity index (χ1) is 9.09. The smallest absolute Gasteiger partial charge is 0.258 e. The lowest BCUT2D eigenvalue weighted by molar-refractivity contribution is -0.385. The molecule has 0 atom stereocenters. The van der Waals surface area contributed by atoms with Gasteiger partial charge in [-0.2, -0.15) is 17.5 Å². The fraction of sp³-hybridized carbons (Fsp3) is 0.455. The van der Waals surface area contributed by atoms with Crippen LogP contribution in [0.1, 0.15) is 26.3 Å². The number of hydrogen-bond donors (Lipinski definition) is 1. The van der Waals surface area contributed by atoms with Crippen molar-refractivity contribution in [3.63, 3.8) is 0 Å². The molecule has 1 N–H and O–H groups in total. The minimum atomic E-state index is -3.77. The molecular weight excluding hydrogens is 284 g/mol. The van der Waals surface area contributed by atoms with Crippen molar-refractivity contribution in [2.24, 2.45) is 4.40 Å². The van der Waals surface area contributed by atoms with E-state index in [4.69, 9.17) is 0 Å². The van der Waals surface area contributed by atoms with Crippen LogP contribution in [0, 0.1) is 10.1 Å². The van der Waals surface area contributed by atoms with Gasteiger partial charge in [-0.1, -0.05) is 0 Å². The third-order valence-electron chi connectivity index (χ3n) is 1.97. The Morgan fingerprint density at radius 2 is 2.10 bits per heavy atom. The van der Waals surface area contributed by atoms with Gasteiger partial charge < -0.3 is 0 Å². The molecule has 0 aliphatic carbocycles. The first-order valence-corrected chi connectivity index (χ1v) is 7.19. The maximum atomic E-state index is 11.6. The van der Waals surface area contributed by atoms with Crippen LogP contribution in [0.5, 0.6) is 0 Å². The molecule has 0 unspecified atom stereocenters. The van der Waals surface area contributed by atoms with Gasteiger partial charge in [0.05, 0.1) is 4.92 Å². The molecule has 0 saturated heterocycles. The summed E-state index contributed by atoms with van der Waals surface area (Å²) in [6.07, 6.45) is 3.86. The molecule has 0 aliphatic heterocycles. The molecule has 1 heterocycles. The minimum Gasteiger partial charge on any atom is -0.258 e. The van der Waals surface area contributed by atoms with Crippen LogP contribution in [0.15, 0.2) is 22.9 Å². The van der Waals surface area contributed by atoms with E-state index in [0.717, 1.165) is 6.20 Å². The highest BCUT2D eigenvalue weighted by Crippen LogP contribution is 2.11. The highest BCUT2D eigenvalue weighted by molar-refractivity contribution is 7.88. The Morgan fingerprint density at radius 1 is 1.45 bits per heavy atom. The van der Waals surface area contributed by atoms with Crippen molar-refractivity contribution < 1.29 is 13.3 Å². The molecular formula is C11H16N4O4S. The van der Waals surface area contributed by atoms with E-state index in [-0.39, 0.29) is 12.1 Å². The summed E-state index contributed by atoms with van der Waals surface area (Å²) >= 11 is 0. The van der Waals surface area contributed by atoms with Crippen LogP contribution in [0.2, 0.25) is 0 Å². The first-order valence-electron chi connectivity index (χ1n) is 5.75. The summed E-state index contributed by atoms with van der Waals surface area (Å²) in [5, 5.41) is 10.6. The lowest BCUT2D eigenvalue weighted by Crippen LogP contribution is -2.39. The predicted octanol–water partition coefficient (Wildman–Crippen LogP) is 1.24. The average Bonchev–Trinajstić information content (AvgIpc) is 2.25. The maximum Gasteiger partial charge on any atom is 0.319 e. The second-order valence-corrected chi connectivity index (χ2v) is 6.49. The van der Waals surface area contributed by atoms with Gasteiger partial charge in [0.15, 0.2) is 0 Å². The molecule has 1 aromatic rings. The second kappa shape index (κ2) is 6.06. The maximum absolute atomic E-state index is 11.6. The molecule has 0 bridgehead atoms. The number of pyridine rings is 1. The fourth-order valence-corrected chi connectivity index (χ4v) is 2.44. The van der Waals surface area contributed by atoms with E-state index in [1.807, 2.05) is 0 Å². The van der Waals surface area contributed by atoms with Gasteiger partial charge in [-0.3, -0.25) is 15.1 Å². The molecule has 0 radical (unpaired) electrons. The van der Waals surface area contributed by atoms with E-state index in [1.165, 1.54) is 18.5 Å². The van der Waals surface area contributed by atoms with Crippen LogP contribution in [-0.4, -0.2) is 30.1 Å². The molecule has 9 heteroatoms. The monoisotopic (exact) mass is 300 g/mol. The van der Waals surface area contributed by atoms with Gasteiger partial charge in [-0.05, 0) is 26.3 Å². The molecule has 0 amide bonds. The van der Waals surface area contributed by atoms with Crippen LogP contribution in [-0.2, 0) is 16.6 Å². The Morgan fingerprint density at radius 3 is 2.65 bits per heavy atom. The van der Waals surface area contributed by atoms with Crippen molar-refractivity contribution in [2.45, 2.75) is 32.7 Å². The molecule has 110 valence electrons. The minimum absolute atomic E-state index is 0.139. The largest absolute Gasteiger partial charge is 0.319 e. The van der Waals surface area contributed by atoms with Crippen molar-refractivity contribution in [2.75, 3.05) is 0 Å². The molecule has 0 fully saturated rings. The summed E-state index contributed by atoms with van der Waals surface area (Å²) in [4.78, 5) is 13.7. The van der Waals surface area contributed by atoms with Crippen LogP contribution in [0.25, 0.3) is 0 Å². The standard InChI is InChI=1S/C11H16N4O4S/c1-11(2,3)14-20(18,19)13-5-4-9-6-10(15(16)17)8-12-7-9/h5-8,14H,4H2,1-3H3/b13-5+. The normalized spacial score (nSPS) is 12.8. The highest BCUT2D eigenvalue weighted by Gasteiger charge is 2.18. The molecule has 0 saturated carbocycles. The second-order valence-electron chi connectivity index (χ2n) is 5.13. The number of aromatic nitrogens is 1. The Labute approximate surface area is 117 Å². The molecule has 20 heavy (non-hydrogen) atoms. The first kappa shape index (κ1) is 16.2. The number of nitrogens with zero attached hydrogens (tertiary/aromatic N) is 3. The summed E-state index contributed by atoms with van der Waals surface area (Å²) in [5.74, 6) is 0. The van der Waals surface area contributed by atoms with E-state index in [0.29, 0.717) is 5.56 Å². The van der Waals surface area contributed by atoms with E-state index in [1.54, 1.807) is 20.8 Å². The molecule has 0 aromatic carbocycles. The van der Waals surface area contributed by atoms with Crippen molar-refractivity contribution in [3.8, 4) is 0 Å². The Balaban J connectivity index is 2.74. The summed E-state index contributed by atoms with van der Waals surface area (Å²) in [7, 11) is -3.77. The van der Waals surface area contributed by atoms with Crippen molar-refractivity contribution >= 4 is 22.1 Å². The third-order valence-corrected chi connectivity index (χ3v) is 3.26. The van der Waals surface area contributed by atoms with Gasteiger partial charge in [0.25, 0.3) is 5.69 Å². The molecule has 8 nitrogen and oxygen atoms in total. The Kier molecular flexibility index (Phi) is 4.90. The van der Waals surface area contributed by atoms with Gasteiger partial charge in [0.1, 0.15) is 6.20 Å². The van der Waals surface area contributed by atoms with E-state index < -0.39 is 20.7 Å². The molecule has 0 aliphatic rings. The topological polar surface area (TPSA) is 115 Å². The van der Waals surface area contributed by atoms with E-state index in [2.05, 4.69) is 14.1 Å². The molecule has 0 spiro atoms. The van der Waals surface area contributed by atoms with Gasteiger partial charge in [-0.25, -0.2) is 0 Å². The Bertz CT molecular complexity index is 620. The number of nitro groups is 1. The summed E-state index contributed by atoms with van der Waals surface area (Å²) < 4.78 is 29.0. The number of nitrogens with one attached hydrogen (secondary N) is 1. The SMILES string of the molecule is CC(C)(C)NS(=O)(=O)/N=C/Cc1cncc([N+](=O)[O-])c1.